The normalized spacial score (nSPS) is 15.5. The molecule has 1 heterocycles. The highest BCUT2D eigenvalue weighted by molar-refractivity contribution is 7.90. The van der Waals surface area contributed by atoms with E-state index >= 15 is 0 Å². The molecule has 0 bridgehead atoms. The van der Waals surface area contributed by atoms with Gasteiger partial charge in [-0.2, -0.15) is 0 Å². The van der Waals surface area contributed by atoms with Crippen LogP contribution in [0.2, 0.25) is 0 Å². The van der Waals surface area contributed by atoms with Crippen molar-refractivity contribution < 1.29 is 8.42 Å². The quantitative estimate of drug-likeness (QED) is 0.773. The van der Waals surface area contributed by atoms with Gasteiger partial charge in [-0.1, -0.05) is 13.8 Å². The first-order valence-electron chi connectivity index (χ1n) is 7.00. The number of hydrogen-bond acceptors (Lipinski definition) is 4. The number of aryl methyl sites for hydroxylation is 1. The van der Waals surface area contributed by atoms with E-state index in [2.05, 4.69) is 29.1 Å². The summed E-state index contributed by atoms with van der Waals surface area (Å²) in [5.74, 6) is 0. The summed E-state index contributed by atoms with van der Waals surface area (Å²) in [4.78, 5) is 2.47. The molecule has 0 saturated carbocycles. The second kappa shape index (κ2) is 7.54. The van der Waals surface area contributed by atoms with E-state index in [-0.39, 0.29) is 6.04 Å². The highest BCUT2D eigenvalue weighted by atomic mass is 32.2. The molecule has 1 aromatic rings. The van der Waals surface area contributed by atoms with E-state index in [1.165, 1.54) is 9.75 Å². The fraction of sp³-hybridized carbons (Fsp3) is 0.714. The zero-order valence-corrected chi connectivity index (χ0v) is 14.6. The van der Waals surface area contributed by atoms with Crippen LogP contribution in [0, 0.1) is 6.92 Å². The molecule has 4 nitrogen and oxygen atoms in total. The minimum Gasteiger partial charge on any atom is -0.313 e. The summed E-state index contributed by atoms with van der Waals surface area (Å²) in [5, 5.41) is 2.73. The summed E-state index contributed by atoms with van der Waals surface area (Å²) < 4.78 is 27.2. The molecule has 0 radical (unpaired) electrons. The van der Waals surface area contributed by atoms with E-state index in [0.29, 0.717) is 12.6 Å². The van der Waals surface area contributed by atoms with Gasteiger partial charge in [-0.15, -0.1) is 11.3 Å². The van der Waals surface area contributed by atoms with Crippen LogP contribution in [0.1, 0.15) is 37.4 Å². The molecule has 2 unspecified atom stereocenters. The van der Waals surface area contributed by atoms with Gasteiger partial charge in [-0.05, 0) is 39.3 Å². The third kappa shape index (κ3) is 5.91. The van der Waals surface area contributed by atoms with Gasteiger partial charge in [-0.25, -0.2) is 13.1 Å². The van der Waals surface area contributed by atoms with Gasteiger partial charge in [0.1, 0.15) is 0 Å². The Morgan fingerprint density at radius 2 is 1.85 bits per heavy atom. The van der Waals surface area contributed by atoms with Gasteiger partial charge in [0, 0.05) is 28.4 Å². The lowest BCUT2D eigenvalue weighted by Crippen LogP contribution is -2.44. The second-order valence-corrected chi connectivity index (χ2v) is 9.16. The zero-order chi connectivity index (χ0) is 15.3. The van der Waals surface area contributed by atoms with E-state index in [1.54, 1.807) is 18.3 Å². The Morgan fingerprint density at radius 3 is 2.35 bits per heavy atom. The lowest BCUT2D eigenvalue weighted by molar-refractivity contribution is 0.528. The fourth-order valence-electron chi connectivity index (χ4n) is 1.85. The lowest BCUT2D eigenvalue weighted by Gasteiger charge is -2.19. The molecule has 0 aliphatic rings. The summed E-state index contributed by atoms with van der Waals surface area (Å²) in [6, 6.07) is 4.34. The highest BCUT2D eigenvalue weighted by Crippen LogP contribution is 2.17. The van der Waals surface area contributed by atoms with Crippen LogP contribution in [0.5, 0.6) is 0 Å². The Labute approximate surface area is 127 Å². The minimum atomic E-state index is -3.28. The monoisotopic (exact) mass is 318 g/mol. The molecule has 0 saturated heterocycles. The zero-order valence-electron chi connectivity index (χ0n) is 12.9. The van der Waals surface area contributed by atoms with Gasteiger partial charge in [0.15, 0.2) is 0 Å². The maximum Gasteiger partial charge on any atom is 0.215 e. The summed E-state index contributed by atoms with van der Waals surface area (Å²) in [7, 11) is -3.28. The van der Waals surface area contributed by atoms with Crippen LogP contribution < -0.4 is 10.0 Å². The maximum atomic E-state index is 12.2. The predicted octanol–water partition coefficient (Wildman–Crippen LogP) is 2.29. The summed E-state index contributed by atoms with van der Waals surface area (Å²) in [6.07, 6.45) is 0.738. The third-order valence-corrected chi connectivity index (χ3v) is 5.99. The standard InChI is InChI=1S/C14H26N2O2S2/c1-10(2)15-9-13(5)20(17,18)16-11(3)8-14-7-6-12(4)19-14/h6-7,10-11,13,15-16H,8-9H2,1-5H3. The van der Waals surface area contributed by atoms with E-state index in [4.69, 9.17) is 0 Å². The molecule has 6 heteroatoms. The van der Waals surface area contributed by atoms with Crippen LogP contribution in [0.4, 0.5) is 0 Å². The van der Waals surface area contributed by atoms with E-state index in [0.717, 1.165) is 6.42 Å². The van der Waals surface area contributed by atoms with Crippen LogP contribution in [0.15, 0.2) is 12.1 Å². The molecule has 20 heavy (non-hydrogen) atoms. The molecule has 0 spiro atoms. The molecule has 116 valence electrons. The smallest absolute Gasteiger partial charge is 0.215 e. The first-order chi connectivity index (χ1) is 9.20. The Morgan fingerprint density at radius 1 is 1.20 bits per heavy atom. The van der Waals surface area contributed by atoms with E-state index in [9.17, 15) is 8.42 Å². The van der Waals surface area contributed by atoms with Gasteiger partial charge >= 0.3 is 0 Å². The molecule has 1 aromatic heterocycles. The molecule has 0 fully saturated rings. The second-order valence-electron chi connectivity index (χ2n) is 5.65. The Hall–Kier alpha value is -0.430. The number of rotatable bonds is 8. The summed E-state index contributed by atoms with van der Waals surface area (Å²) in [5.41, 5.74) is 0. The van der Waals surface area contributed by atoms with Crippen LogP contribution in [-0.2, 0) is 16.4 Å². The Balaban J connectivity index is 2.52. The lowest BCUT2D eigenvalue weighted by atomic mass is 10.2. The first kappa shape index (κ1) is 17.6. The first-order valence-corrected chi connectivity index (χ1v) is 9.37. The van der Waals surface area contributed by atoms with Crippen molar-refractivity contribution in [2.24, 2.45) is 0 Å². The van der Waals surface area contributed by atoms with Gasteiger partial charge in [0.2, 0.25) is 10.0 Å². The number of thiophene rings is 1. The predicted molar refractivity (Wildman–Crippen MR) is 86.9 cm³/mol. The molecule has 2 atom stereocenters. The van der Waals surface area contributed by atoms with Crippen molar-refractivity contribution in [2.75, 3.05) is 6.54 Å². The van der Waals surface area contributed by atoms with Gasteiger partial charge in [0.25, 0.3) is 0 Å². The van der Waals surface area contributed by atoms with E-state index in [1.807, 2.05) is 20.8 Å². The number of hydrogen-bond donors (Lipinski definition) is 2. The van der Waals surface area contributed by atoms with Crippen LogP contribution in [0.25, 0.3) is 0 Å². The molecule has 0 aromatic carbocycles. The topological polar surface area (TPSA) is 58.2 Å². The fourth-order valence-corrected chi connectivity index (χ4v) is 4.06. The average molecular weight is 319 g/mol. The van der Waals surface area contributed by atoms with Crippen molar-refractivity contribution in [1.82, 2.24) is 10.0 Å². The molecule has 0 amide bonds. The molecule has 1 rings (SSSR count). The molecular formula is C14H26N2O2S2. The molecule has 2 N–H and O–H groups in total. The SMILES string of the molecule is Cc1ccc(CC(C)NS(=O)(=O)C(C)CNC(C)C)s1. The van der Waals surface area contributed by atoms with Gasteiger partial charge in [0.05, 0.1) is 5.25 Å². The maximum absolute atomic E-state index is 12.2. The Kier molecular flexibility index (Phi) is 6.64. The van der Waals surface area contributed by atoms with Crippen LogP contribution >= 0.6 is 11.3 Å². The van der Waals surface area contributed by atoms with Crippen LogP contribution in [-0.4, -0.2) is 32.3 Å². The Bertz CT molecular complexity index is 509. The van der Waals surface area contributed by atoms with Crippen molar-refractivity contribution in [1.29, 1.82) is 0 Å². The minimum absolute atomic E-state index is 0.0838. The van der Waals surface area contributed by atoms with Crippen molar-refractivity contribution in [2.45, 2.75) is 58.4 Å². The summed E-state index contributed by atoms with van der Waals surface area (Å²) in [6.45, 7) is 10.2. The molecule has 0 aliphatic heterocycles. The van der Waals surface area contributed by atoms with E-state index < -0.39 is 15.3 Å². The van der Waals surface area contributed by atoms with Crippen molar-refractivity contribution in [3.63, 3.8) is 0 Å². The van der Waals surface area contributed by atoms with Crippen LogP contribution in [0.3, 0.4) is 0 Å². The highest BCUT2D eigenvalue weighted by Gasteiger charge is 2.22. The largest absolute Gasteiger partial charge is 0.313 e. The number of nitrogens with one attached hydrogen (secondary N) is 2. The third-order valence-electron chi connectivity index (χ3n) is 3.01. The van der Waals surface area contributed by atoms with Crippen molar-refractivity contribution >= 4 is 21.4 Å². The van der Waals surface area contributed by atoms with Crippen molar-refractivity contribution in [3.05, 3.63) is 21.9 Å². The molecular weight excluding hydrogens is 292 g/mol. The van der Waals surface area contributed by atoms with Gasteiger partial charge < -0.3 is 5.32 Å². The number of sulfonamides is 1. The van der Waals surface area contributed by atoms with Crippen molar-refractivity contribution in [3.8, 4) is 0 Å². The van der Waals surface area contributed by atoms with Gasteiger partial charge in [-0.3, -0.25) is 0 Å². The molecule has 0 aliphatic carbocycles. The summed E-state index contributed by atoms with van der Waals surface area (Å²) >= 11 is 1.72. The average Bonchev–Trinajstić information content (AvgIpc) is 2.70.